The summed E-state index contributed by atoms with van der Waals surface area (Å²) in [5.41, 5.74) is 0.374. The quantitative estimate of drug-likeness (QED) is 0.444. The summed E-state index contributed by atoms with van der Waals surface area (Å²) in [6, 6.07) is 9.21. The number of aromatic nitrogens is 1. The van der Waals surface area contributed by atoms with Crippen molar-refractivity contribution in [2.24, 2.45) is 0 Å². The highest BCUT2D eigenvalue weighted by molar-refractivity contribution is 7.98. The first-order valence-electron chi connectivity index (χ1n) is 9.01. The number of benzene rings is 1. The van der Waals surface area contributed by atoms with Gasteiger partial charge >= 0.3 is 0 Å². The van der Waals surface area contributed by atoms with Crippen molar-refractivity contribution < 1.29 is 17.6 Å². The Hall–Kier alpha value is -2.68. The van der Waals surface area contributed by atoms with Crippen molar-refractivity contribution in [2.45, 2.75) is 17.4 Å². The van der Waals surface area contributed by atoms with Crippen LogP contribution in [0.3, 0.4) is 0 Å². The highest BCUT2D eigenvalue weighted by atomic mass is 32.2. The van der Waals surface area contributed by atoms with Crippen molar-refractivity contribution in [3.05, 3.63) is 54.0 Å². The summed E-state index contributed by atoms with van der Waals surface area (Å²) in [7, 11) is -4.20. The Labute approximate surface area is 179 Å². The smallest absolute Gasteiger partial charge is 0.244 e. The minimum atomic E-state index is -4.20. The van der Waals surface area contributed by atoms with E-state index in [4.69, 9.17) is 5.26 Å². The third-order valence-electron chi connectivity index (χ3n) is 4.00. The summed E-state index contributed by atoms with van der Waals surface area (Å²) < 4.78 is 41.2. The fraction of sp³-hybridized carbons (Fsp3) is 0.316. The van der Waals surface area contributed by atoms with Gasteiger partial charge in [-0.3, -0.25) is 4.79 Å². The number of anilines is 1. The van der Waals surface area contributed by atoms with Gasteiger partial charge in [-0.1, -0.05) is 12.1 Å². The van der Waals surface area contributed by atoms with Gasteiger partial charge in [0, 0.05) is 19.3 Å². The van der Waals surface area contributed by atoms with Crippen LogP contribution in [0.4, 0.5) is 10.2 Å². The lowest BCUT2D eigenvalue weighted by molar-refractivity contribution is -0.122. The molecule has 0 aliphatic rings. The number of nitriles is 1. The van der Waals surface area contributed by atoms with Crippen molar-refractivity contribution in [3.63, 3.8) is 0 Å². The topological polar surface area (TPSA) is 124 Å². The van der Waals surface area contributed by atoms with Gasteiger partial charge in [0.1, 0.15) is 28.6 Å². The predicted octanol–water partition coefficient (Wildman–Crippen LogP) is 1.72. The van der Waals surface area contributed by atoms with Crippen LogP contribution in [0.1, 0.15) is 12.0 Å². The maximum Gasteiger partial charge on any atom is 0.244 e. The summed E-state index contributed by atoms with van der Waals surface area (Å²) in [6.07, 6.45) is 3.62. The highest BCUT2D eigenvalue weighted by Crippen LogP contribution is 2.15. The van der Waals surface area contributed by atoms with E-state index in [1.807, 2.05) is 12.3 Å². The van der Waals surface area contributed by atoms with E-state index in [9.17, 15) is 17.6 Å². The zero-order chi connectivity index (χ0) is 22.0. The molecule has 0 fully saturated rings. The number of thioether (sulfide) groups is 1. The first-order valence-corrected chi connectivity index (χ1v) is 11.9. The van der Waals surface area contributed by atoms with Gasteiger partial charge in [-0.25, -0.2) is 17.8 Å². The van der Waals surface area contributed by atoms with Crippen LogP contribution >= 0.6 is 11.8 Å². The van der Waals surface area contributed by atoms with Crippen LogP contribution in [0.5, 0.6) is 0 Å². The number of hydrogen-bond acceptors (Lipinski definition) is 7. The molecule has 2 aromatic rings. The fourth-order valence-corrected chi connectivity index (χ4v) is 4.30. The van der Waals surface area contributed by atoms with E-state index in [2.05, 4.69) is 20.3 Å². The maximum absolute atomic E-state index is 13.9. The van der Waals surface area contributed by atoms with E-state index >= 15 is 0 Å². The molecule has 160 valence electrons. The second-order valence-corrected chi connectivity index (χ2v) is 8.78. The monoisotopic (exact) mass is 451 g/mol. The molecular formula is C19H22FN5O3S2. The van der Waals surface area contributed by atoms with E-state index in [0.717, 1.165) is 12.1 Å². The average Bonchev–Trinajstić information content (AvgIpc) is 2.74. The van der Waals surface area contributed by atoms with Gasteiger partial charge in [0.2, 0.25) is 15.9 Å². The minimum absolute atomic E-state index is 0.178. The zero-order valence-electron chi connectivity index (χ0n) is 16.3. The summed E-state index contributed by atoms with van der Waals surface area (Å²) in [5, 5.41) is 14.6. The molecule has 1 heterocycles. The Morgan fingerprint density at radius 1 is 1.27 bits per heavy atom. The number of sulfonamides is 1. The summed E-state index contributed by atoms with van der Waals surface area (Å²) in [6.45, 7) is 0.463. The molecule has 0 radical (unpaired) electrons. The molecule has 0 spiro atoms. The summed E-state index contributed by atoms with van der Waals surface area (Å²) in [4.78, 5) is 16.1. The van der Waals surface area contributed by atoms with Gasteiger partial charge in [-0.05, 0) is 42.7 Å². The molecule has 0 aliphatic heterocycles. The first kappa shape index (κ1) is 23.6. The molecule has 0 bridgehead atoms. The van der Waals surface area contributed by atoms with Gasteiger partial charge in [0.15, 0.2) is 0 Å². The molecule has 1 unspecified atom stereocenters. The standard InChI is InChI=1S/C19H22FN5O3S2/c1-29-12-8-16(25-30(27,28)17-7-3-2-6-15(17)20)19(26)24-11-10-23-18-14(13-21)5-4-9-22-18/h2-7,9,16,25H,8,10-12H2,1H3,(H,22,23)(H,24,26). The zero-order valence-corrected chi connectivity index (χ0v) is 17.9. The van der Waals surface area contributed by atoms with Crippen LogP contribution in [0, 0.1) is 17.1 Å². The van der Waals surface area contributed by atoms with Gasteiger partial charge in [-0.15, -0.1) is 0 Å². The number of nitrogens with zero attached hydrogens (tertiary/aromatic N) is 2. The number of hydrogen-bond donors (Lipinski definition) is 3. The van der Waals surface area contributed by atoms with E-state index in [1.165, 1.54) is 30.1 Å². The largest absolute Gasteiger partial charge is 0.367 e. The van der Waals surface area contributed by atoms with Crippen molar-refractivity contribution >= 4 is 33.5 Å². The molecule has 1 aromatic heterocycles. The maximum atomic E-state index is 13.9. The lowest BCUT2D eigenvalue weighted by atomic mass is 10.2. The van der Waals surface area contributed by atoms with Crippen LogP contribution in [-0.2, 0) is 14.8 Å². The molecular weight excluding hydrogens is 429 g/mol. The van der Waals surface area contributed by atoms with Crippen LogP contribution < -0.4 is 15.4 Å². The lowest BCUT2D eigenvalue weighted by Gasteiger charge is -2.18. The molecule has 0 aliphatic carbocycles. The summed E-state index contributed by atoms with van der Waals surface area (Å²) >= 11 is 1.46. The van der Waals surface area contributed by atoms with Crippen LogP contribution in [0.25, 0.3) is 0 Å². The molecule has 2 rings (SSSR count). The minimum Gasteiger partial charge on any atom is -0.367 e. The van der Waals surface area contributed by atoms with Crippen molar-refractivity contribution in [3.8, 4) is 6.07 Å². The molecule has 3 N–H and O–H groups in total. The van der Waals surface area contributed by atoms with Crippen molar-refractivity contribution in [2.75, 3.05) is 30.4 Å². The number of carbonyl (C=O) groups excluding carboxylic acids is 1. The molecule has 0 saturated carbocycles. The van der Waals surface area contributed by atoms with E-state index in [-0.39, 0.29) is 19.5 Å². The van der Waals surface area contributed by atoms with Crippen LogP contribution in [0.2, 0.25) is 0 Å². The third-order valence-corrected chi connectivity index (χ3v) is 6.14. The molecule has 0 saturated heterocycles. The third kappa shape index (κ3) is 6.69. The Bertz CT molecular complexity index is 1010. The van der Waals surface area contributed by atoms with Crippen LogP contribution in [-0.4, -0.2) is 50.4 Å². The van der Waals surface area contributed by atoms with Gasteiger partial charge < -0.3 is 10.6 Å². The Kier molecular flexibility index (Phi) is 9.04. The van der Waals surface area contributed by atoms with E-state index in [0.29, 0.717) is 17.1 Å². The summed E-state index contributed by atoms with van der Waals surface area (Å²) in [5.74, 6) is -0.474. The fourth-order valence-electron chi connectivity index (χ4n) is 2.52. The molecule has 30 heavy (non-hydrogen) atoms. The van der Waals surface area contributed by atoms with E-state index in [1.54, 1.807) is 12.1 Å². The molecule has 11 heteroatoms. The second-order valence-electron chi connectivity index (χ2n) is 6.11. The Morgan fingerprint density at radius 2 is 2.03 bits per heavy atom. The Morgan fingerprint density at radius 3 is 2.73 bits per heavy atom. The molecule has 1 aromatic carbocycles. The highest BCUT2D eigenvalue weighted by Gasteiger charge is 2.27. The molecule has 1 atom stereocenters. The number of pyridine rings is 1. The normalized spacial score (nSPS) is 12.0. The number of nitrogens with one attached hydrogen (secondary N) is 3. The van der Waals surface area contributed by atoms with E-state index < -0.39 is 32.7 Å². The number of carbonyl (C=O) groups is 1. The van der Waals surface area contributed by atoms with Crippen molar-refractivity contribution in [1.29, 1.82) is 5.26 Å². The van der Waals surface area contributed by atoms with Crippen LogP contribution in [0.15, 0.2) is 47.5 Å². The SMILES string of the molecule is CSCCC(NS(=O)(=O)c1ccccc1F)C(=O)NCCNc1ncccc1C#N. The predicted molar refractivity (Wildman–Crippen MR) is 114 cm³/mol. The molecule has 8 nitrogen and oxygen atoms in total. The van der Waals surface area contributed by atoms with Crippen molar-refractivity contribution in [1.82, 2.24) is 15.0 Å². The first-order chi connectivity index (χ1) is 14.4. The number of halogens is 1. The average molecular weight is 452 g/mol. The number of rotatable bonds is 11. The molecule has 1 amide bonds. The number of amides is 1. The van der Waals surface area contributed by atoms with Gasteiger partial charge in [0.25, 0.3) is 0 Å². The Balaban J connectivity index is 1.98. The second kappa shape index (κ2) is 11.5. The van der Waals surface area contributed by atoms with Gasteiger partial charge in [-0.2, -0.15) is 21.7 Å². The lowest BCUT2D eigenvalue weighted by Crippen LogP contribution is -2.48. The van der Waals surface area contributed by atoms with Gasteiger partial charge in [0.05, 0.1) is 5.56 Å².